The predicted octanol–water partition coefficient (Wildman–Crippen LogP) is 2.11. The summed E-state index contributed by atoms with van der Waals surface area (Å²) in [4.78, 5) is 0. The van der Waals surface area contributed by atoms with E-state index >= 15 is 0 Å². The highest BCUT2D eigenvalue weighted by Gasteiger charge is 2.41. The maximum atomic E-state index is 12.8. The Kier molecular flexibility index (Phi) is 4.39. The van der Waals surface area contributed by atoms with Gasteiger partial charge in [0.1, 0.15) is 0 Å². The first-order valence-corrected chi connectivity index (χ1v) is 9.83. The Morgan fingerprint density at radius 1 is 1.10 bits per heavy atom. The molecule has 2 unspecified atom stereocenters. The van der Waals surface area contributed by atoms with Gasteiger partial charge in [0.15, 0.2) is 0 Å². The molecule has 1 saturated heterocycles. The van der Waals surface area contributed by atoms with E-state index in [1.807, 2.05) is 11.2 Å². The van der Waals surface area contributed by atoms with Gasteiger partial charge < -0.3 is 5.32 Å². The lowest BCUT2D eigenvalue weighted by Gasteiger charge is -2.31. The largest absolute Gasteiger partial charge is 0.313 e. The zero-order valence-electron chi connectivity index (χ0n) is 12.6. The lowest BCUT2D eigenvalue weighted by molar-refractivity contribution is 0.285. The maximum Gasteiger partial charge on any atom is 0.218 e. The molecule has 0 spiro atoms. The van der Waals surface area contributed by atoms with Crippen LogP contribution in [0.5, 0.6) is 0 Å². The van der Waals surface area contributed by atoms with Crippen molar-refractivity contribution in [2.24, 2.45) is 5.92 Å². The minimum atomic E-state index is -3.12. The molecule has 2 aliphatic carbocycles. The van der Waals surface area contributed by atoms with Crippen LogP contribution in [0.4, 0.5) is 0 Å². The smallest absolute Gasteiger partial charge is 0.218 e. The van der Waals surface area contributed by atoms with Gasteiger partial charge in [-0.3, -0.25) is 0 Å². The van der Waals surface area contributed by atoms with E-state index in [1.165, 1.54) is 38.5 Å². The normalized spacial score (nSPS) is 30.9. The highest BCUT2D eigenvalue weighted by Crippen LogP contribution is 2.37. The van der Waals surface area contributed by atoms with Gasteiger partial charge >= 0.3 is 0 Å². The van der Waals surface area contributed by atoms with Gasteiger partial charge in [-0.15, -0.1) is 0 Å². The molecule has 1 aliphatic heterocycles. The van der Waals surface area contributed by atoms with Crippen LogP contribution >= 0.6 is 0 Å². The quantitative estimate of drug-likeness (QED) is 0.817. The molecule has 3 fully saturated rings. The molecule has 1 N–H and O–H groups in total. The molecule has 4 nitrogen and oxygen atoms in total. The van der Waals surface area contributed by atoms with Gasteiger partial charge in [0.2, 0.25) is 10.0 Å². The second-order valence-corrected chi connectivity index (χ2v) is 9.21. The Hall–Kier alpha value is -0.130. The number of rotatable bonds is 6. The number of sulfonamides is 1. The third-order valence-electron chi connectivity index (χ3n) is 5.30. The van der Waals surface area contributed by atoms with Gasteiger partial charge in [-0.1, -0.05) is 12.8 Å². The van der Waals surface area contributed by atoms with Crippen LogP contribution in [0.1, 0.15) is 58.3 Å². The molecule has 1 heterocycles. The summed E-state index contributed by atoms with van der Waals surface area (Å²) >= 11 is 0. The molecule has 0 radical (unpaired) electrons. The van der Waals surface area contributed by atoms with Gasteiger partial charge in [0, 0.05) is 25.2 Å². The van der Waals surface area contributed by atoms with E-state index in [9.17, 15) is 8.42 Å². The number of hydrogen-bond acceptors (Lipinski definition) is 3. The lowest BCUT2D eigenvalue weighted by Crippen LogP contribution is -2.46. The number of nitrogens with one attached hydrogen (secondary N) is 1. The van der Waals surface area contributed by atoms with E-state index in [1.54, 1.807) is 0 Å². The molecule has 0 amide bonds. The molecule has 2 saturated carbocycles. The SMILES string of the molecule is CC(CNC1CC1)S(=O)(=O)N1CCCC1C1CCCC1. The molecule has 2 atom stereocenters. The van der Waals surface area contributed by atoms with Crippen molar-refractivity contribution in [2.75, 3.05) is 13.1 Å². The summed E-state index contributed by atoms with van der Waals surface area (Å²) in [6, 6.07) is 0.878. The summed E-state index contributed by atoms with van der Waals surface area (Å²) in [7, 11) is -3.12. The van der Waals surface area contributed by atoms with Crippen molar-refractivity contribution in [3.8, 4) is 0 Å². The highest BCUT2D eigenvalue weighted by atomic mass is 32.2. The standard InChI is InChI=1S/C15H28N2O2S/c1-12(11-16-14-8-9-14)20(18,19)17-10-4-7-15(17)13-5-2-3-6-13/h12-16H,2-11H2,1H3. The Morgan fingerprint density at radius 3 is 2.45 bits per heavy atom. The monoisotopic (exact) mass is 300 g/mol. The third-order valence-corrected chi connectivity index (χ3v) is 7.59. The van der Waals surface area contributed by atoms with Crippen molar-refractivity contribution in [3.63, 3.8) is 0 Å². The van der Waals surface area contributed by atoms with Crippen LogP contribution in [0.15, 0.2) is 0 Å². The second kappa shape index (κ2) is 5.93. The fraction of sp³-hybridized carbons (Fsp3) is 1.00. The van der Waals surface area contributed by atoms with E-state index in [0.717, 1.165) is 19.4 Å². The summed E-state index contributed by atoms with van der Waals surface area (Å²) in [5.41, 5.74) is 0. The van der Waals surface area contributed by atoms with E-state index < -0.39 is 10.0 Å². The van der Waals surface area contributed by atoms with Gasteiger partial charge in [0.05, 0.1) is 5.25 Å². The first-order valence-electron chi connectivity index (χ1n) is 8.33. The Labute approximate surface area is 123 Å². The Bertz CT molecular complexity index is 427. The summed E-state index contributed by atoms with van der Waals surface area (Å²) < 4.78 is 27.5. The van der Waals surface area contributed by atoms with Crippen molar-refractivity contribution < 1.29 is 8.42 Å². The van der Waals surface area contributed by atoms with E-state index in [4.69, 9.17) is 0 Å². The summed E-state index contributed by atoms with van der Waals surface area (Å²) in [5.74, 6) is 0.621. The molecule has 3 aliphatic rings. The second-order valence-electron chi connectivity index (χ2n) is 6.90. The first kappa shape index (κ1) is 14.8. The fourth-order valence-corrected chi connectivity index (χ4v) is 5.66. The van der Waals surface area contributed by atoms with Crippen LogP contribution in [-0.2, 0) is 10.0 Å². The van der Waals surface area contributed by atoms with Crippen molar-refractivity contribution in [1.29, 1.82) is 0 Å². The molecular formula is C15H28N2O2S. The fourth-order valence-electron chi connectivity index (χ4n) is 3.85. The third kappa shape index (κ3) is 3.04. The van der Waals surface area contributed by atoms with Crippen molar-refractivity contribution in [2.45, 2.75) is 75.6 Å². The minimum absolute atomic E-state index is 0.287. The average Bonchev–Trinajstić information content (AvgIpc) is 2.93. The van der Waals surface area contributed by atoms with Crippen LogP contribution in [0.2, 0.25) is 0 Å². The molecule has 20 heavy (non-hydrogen) atoms. The average molecular weight is 300 g/mol. The van der Waals surface area contributed by atoms with Crippen molar-refractivity contribution in [3.05, 3.63) is 0 Å². The first-order chi connectivity index (χ1) is 9.59. The van der Waals surface area contributed by atoms with Crippen LogP contribution in [0, 0.1) is 5.92 Å². The molecular weight excluding hydrogens is 272 g/mol. The maximum absolute atomic E-state index is 12.8. The van der Waals surface area contributed by atoms with Crippen molar-refractivity contribution in [1.82, 2.24) is 9.62 Å². The lowest BCUT2D eigenvalue weighted by atomic mass is 9.97. The molecule has 116 valence electrons. The molecule has 0 aromatic rings. The van der Waals surface area contributed by atoms with Crippen molar-refractivity contribution >= 4 is 10.0 Å². The van der Waals surface area contributed by atoms with Crippen LogP contribution in [0.3, 0.4) is 0 Å². The van der Waals surface area contributed by atoms with Gasteiger partial charge in [-0.25, -0.2) is 8.42 Å². The summed E-state index contributed by atoms with van der Waals surface area (Å²) in [5, 5.41) is 3.08. The van der Waals surface area contributed by atoms with Gasteiger partial charge in [-0.2, -0.15) is 4.31 Å². The molecule has 0 aromatic carbocycles. The number of nitrogens with zero attached hydrogens (tertiary/aromatic N) is 1. The Morgan fingerprint density at radius 2 is 1.80 bits per heavy atom. The van der Waals surface area contributed by atoms with E-state index in [-0.39, 0.29) is 5.25 Å². The summed E-state index contributed by atoms with van der Waals surface area (Å²) in [6.07, 6.45) is 9.57. The highest BCUT2D eigenvalue weighted by molar-refractivity contribution is 7.89. The molecule has 0 bridgehead atoms. The van der Waals surface area contributed by atoms with Gasteiger partial charge in [0.25, 0.3) is 0 Å². The number of hydrogen-bond donors (Lipinski definition) is 1. The Balaban J connectivity index is 1.64. The molecule has 0 aromatic heterocycles. The zero-order chi connectivity index (χ0) is 14.2. The zero-order valence-corrected chi connectivity index (χ0v) is 13.4. The van der Waals surface area contributed by atoms with E-state index in [2.05, 4.69) is 5.32 Å². The topological polar surface area (TPSA) is 49.4 Å². The van der Waals surface area contributed by atoms with Crippen LogP contribution in [-0.4, -0.2) is 43.1 Å². The van der Waals surface area contributed by atoms with Gasteiger partial charge in [-0.05, 0) is 51.4 Å². The summed E-state index contributed by atoms with van der Waals surface area (Å²) in [6.45, 7) is 3.23. The molecule has 5 heteroatoms. The van der Waals surface area contributed by atoms with Crippen LogP contribution < -0.4 is 5.32 Å². The van der Waals surface area contributed by atoms with E-state index in [0.29, 0.717) is 24.5 Å². The minimum Gasteiger partial charge on any atom is -0.313 e. The predicted molar refractivity (Wildman–Crippen MR) is 81.1 cm³/mol. The molecule has 3 rings (SSSR count). The van der Waals surface area contributed by atoms with Crippen LogP contribution in [0.25, 0.3) is 0 Å².